The smallest absolute Gasteiger partial charge is 0.265 e. The van der Waals surface area contributed by atoms with Gasteiger partial charge in [0.1, 0.15) is 5.65 Å². The van der Waals surface area contributed by atoms with Crippen LogP contribution in [0.4, 0.5) is 0 Å². The Labute approximate surface area is 236 Å². The molecular formula is C30H36Cl2N4O2. The summed E-state index contributed by atoms with van der Waals surface area (Å²) in [5.41, 5.74) is 4.05. The highest BCUT2D eigenvalue weighted by Gasteiger charge is 2.19. The van der Waals surface area contributed by atoms with Crippen molar-refractivity contribution in [3.05, 3.63) is 93.9 Å². The number of likely N-dealkylation sites (tertiary alicyclic amines) is 1. The van der Waals surface area contributed by atoms with Gasteiger partial charge in [-0.2, -0.15) is 0 Å². The van der Waals surface area contributed by atoms with E-state index in [0.29, 0.717) is 34.6 Å². The quantitative estimate of drug-likeness (QED) is 0.306. The molecule has 0 aliphatic carbocycles. The lowest BCUT2D eigenvalue weighted by molar-refractivity contribution is 0.0943. The van der Waals surface area contributed by atoms with Crippen LogP contribution >= 0.6 is 24.8 Å². The van der Waals surface area contributed by atoms with E-state index in [-0.39, 0.29) is 36.3 Å². The zero-order chi connectivity index (χ0) is 25.1. The van der Waals surface area contributed by atoms with E-state index in [4.69, 9.17) is 0 Å². The van der Waals surface area contributed by atoms with Gasteiger partial charge in [-0.1, -0.05) is 50.2 Å². The molecule has 0 radical (unpaired) electrons. The van der Waals surface area contributed by atoms with Gasteiger partial charge in [0.05, 0.1) is 16.5 Å². The van der Waals surface area contributed by atoms with Crippen molar-refractivity contribution in [2.75, 3.05) is 26.2 Å². The molecule has 1 N–H and O–H groups in total. The number of pyridine rings is 1. The van der Waals surface area contributed by atoms with Gasteiger partial charge in [0.25, 0.3) is 11.5 Å². The highest BCUT2D eigenvalue weighted by Crippen LogP contribution is 2.21. The first-order valence-electron chi connectivity index (χ1n) is 13.0. The number of piperidine rings is 1. The van der Waals surface area contributed by atoms with E-state index in [1.165, 1.54) is 22.8 Å². The van der Waals surface area contributed by atoms with Gasteiger partial charge in [0.2, 0.25) is 0 Å². The van der Waals surface area contributed by atoms with Crippen molar-refractivity contribution in [2.24, 2.45) is 5.92 Å². The second-order valence-corrected chi connectivity index (χ2v) is 10.2. The summed E-state index contributed by atoms with van der Waals surface area (Å²) >= 11 is 0. The number of rotatable bonds is 7. The van der Waals surface area contributed by atoms with Crippen LogP contribution in [0.2, 0.25) is 0 Å². The van der Waals surface area contributed by atoms with Gasteiger partial charge < -0.3 is 10.2 Å². The molecule has 1 amide bonds. The normalized spacial score (nSPS) is 14.3. The molecule has 1 saturated heterocycles. The SMILES string of the molecule is CC(C)c1ccc2nc3ccc(C(=O)NCCN4CCC(Cc5ccccc5)CC4)cn3c(=O)c2c1.Cl.Cl. The van der Waals surface area contributed by atoms with Crippen LogP contribution in [-0.4, -0.2) is 46.4 Å². The van der Waals surface area contributed by atoms with Gasteiger partial charge in [-0.3, -0.25) is 14.0 Å². The Bertz CT molecular complexity index is 1430. The van der Waals surface area contributed by atoms with Crippen LogP contribution in [0.1, 0.15) is 54.1 Å². The fourth-order valence-corrected chi connectivity index (χ4v) is 5.11. The molecule has 0 saturated carbocycles. The van der Waals surface area contributed by atoms with Crippen LogP contribution in [0.3, 0.4) is 0 Å². The number of hydrogen-bond acceptors (Lipinski definition) is 4. The van der Waals surface area contributed by atoms with Gasteiger partial charge in [-0.25, -0.2) is 4.98 Å². The second-order valence-electron chi connectivity index (χ2n) is 10.2. The number of carbonyl (C=O) groups is 1. The lowest BCUT2D eigenvalue weighted by Crippen LogP contribution is -2.40. The summed E-state index contributed by atoms with van der Waals surface area (Å²) in [6, 6.07) is 20.0. The van der Waals surface area contributed by atoms with Crippen molar-refractivity contribution in [3.8, 4) is 0 Å². The first-order valence-corrected chi connectivity index (χ1v) is 13.0. The molecule has 4 aromatic rings. The van der Waals surface area contributed by atoms with Crippen LogP contribution in [0.25, 0.3) is 16.6 Å². The highest BCUT2D eigenvalue weighted by atomic mass is 35.5. The molecule has 0 bridgehead atoms. The van der Waals surface area contributed by atoms with Crippen molar-refractivity contribution in [1.82, 2.24) is 19.6 Å². The van der Waals surface area contributed by atoms with Crippen LogP contribution in [0.5, 0.6) is 0 Å². The van der Waals surface area contributed by atoms with Gasteiger partial charge in [0.15, 0.2) is 0 Å². The maximum absolute atomic E-state index is 13.2. The molecule has 3 heterocycles. The van der Waals surface area contributed by atoms with Crippen molar-refractivity contribution in [2.45, 2.75) is 39.0 Å². The molecular weight excluding hydrogens is 519 g/mol. The molecule has 0 atom stereocenters. The van der Waals surface area contributed by atoms with E-state index in [0.717, 1.165) is 37.5 Å². The minimum Gasteiger partial charge on any atom is -0.351 e. The molecule has 202 valence electrons. The first kappa shape index (κ1) is 29.6. The van der Waals surface area contributed by atoms with E-state index >= 15 is 0 Å². The number of nitrogens with one attached hydrogen (secondary N) is 1. The number of carbonyl (C=O) groups excluding carboxylic acids is 1. The van der Waals surface area contributed by atoms with Crippen LogP contribution in [0.15, 0.2) is 71.7 Å². The summed E-state index contributed by atoms with van der Waals surface area (Å²) in [5.74, 6) is 0.885. The third-order valence-corrected chi connectivity index (χ3v) is 7.35. The van der Waals surface area contributed by atoms with Gasteiger partial charge >= 0.3 is 0 Å². The number of hydrogen-bond donors (Lipinski definition) is 1. The number of nitrogens with zero attached hydrogens (tertiary/aromatic N) is 3. The van der Waals surface area contributed by atoms with E-state index in [2.05, 4.69) is 59.4 Å². The first-order chi connectivity index (χ1) is 17.5. The Morgan fingerprint density at radius 2 is 1.76 bits per heavy atom. The summed E-state index contributed by atoms with van der Waals surface area (Å²) in [7, 11) is 0. The topological polar surface area (TPSA) is 66.7 Å². The number of amides is 1. The Hall–Kier alpha value is -2.93. The molecule has 5 rings (SSSR count). The maximum atomic E-state index is 13.2. The Balaban J connectivity index is 0.00000200. The Kier molecular flexibility index (Phi) is 10.3. The number of benzene rings is 2. The average Bonchev–Trinajstić information content (AvgIpc) is 2.90. The van der Waals surface area contributed by atoms with Crippen molar-refractivity contribution in [3.63, 3.8) is 0 Å². The lowest BCUT2D eigenvalue weighted by Gasteiger charge is -2.32. The molecule has 6 nitrogen and oxygen atoms in total. The predicted octanol–water partition coefficient (Wildman–Crippen LogP) is 5.50. The molecule has 1 aliphatic heterocycles. The van der Waals surface area contributed by atoms with Crippen LogP contribution in [0, 0.1) is 5.92 Å². The van der Waals surface area contributed by atoms with Crippen LogP contribution < -0.4 is 10.9 Å². The minimum atomic E-state index is -0.168. The van der Waals surface area contributed by atoms with E-state index < -0.39 is 0 Å². The monoisotopic (exact) mass is 554 g/mol. The molecule has 1 aliphatic rings. The number of fused-ring (bicyclic) bond motifs is 2. The second kappa shape index (κ2) is 13.2. The van der Waals surface area contributed by atoms with Gasteiger partial charge in [-0.05, 0) is 79.6 Å². The summed E-state index contributed by atoms with van der Waals surface area (Å²) < 4.78 is 1.48. The van der Waals surface area contributed by atoms with Crippen LogP contribution in [-0.2, 0) is 6.42 Å². The van der Waals surface area contributed by atoms with Crippen molar-refractivity contribution in [1.29, 1.82) is 0 Å². The largest absolute Gasteiger partial charge is 0.351 e. The molecule has 0 spiro atoms. The van der Waals surface area contributed by atoms with Crippen molar-refractivity contribution < 1.29 is 4.79 Å². The zero-order valence-electron chi connectivity index (χ0n) is 21.9. The molecule has 1 fully saturated rings. The lowest BCUT2D eigenvalue weighted by atomic mass is 9.90. The molecule has 2 aromatic heterocycles. The third kappa shape index (κ3) is 6.73. The fraction of sp³-hybridized carbons (Fsp3) is 0.367. The molecule has 38 heavy (non-hydrogen) atoms. The van der Waals surface area contributed by atoms with E-state index in [1.54, 1.807) is 18.3 Å². The third-order valence-electron chi connectivity index (χ3n) is 7.35. The predicted molar refractivity (Wildman–Crippen MR) is 159 cm³/mol. The molecule has 8 heteroatoms. The zero-order valence-corrected chi connectivity index (χ0v) is 23.6. The number of aromatic nitrogens is 2. The van der Waals surface area contributed by atoms with Gasteiger partial charge in [0, 0.05) is 19.3 Å². The maximum Gasteiger partial charge on any atom is 0.265 e. The number of halogens is 2. The summed E-state index contributed by atoms with van der Waals surface area (Å²) in [4.78, 5) is 33.1. The Morgan fingerprint density at radius 1 is 1.03 bits per heavy atom. The highest BCUT2D eigenvalue weighted by molar-refractivity contribution is 5.94. The van der Waals surface area contributed by atoms with E-state index in [9.17, 15) is 9.59 Å². The summed E-state index contributed by atoms with van der Waals surface area (Å²) in [6.45, 7) is 7.75. The Morgan fingerprint density at radius 3 is 2.47 bits per heavy atom. The minimum absolute atomic E-state index is 0. The fourth-order valence-electron chi connectivity index (χ4n) is 5.11. The standard InChI is InChI=1S/C30H34N4O2.2ClH/c1-21(2)24-8-10-27-26(19-24)30(36)34-20-25(9-11-28(34)32-27)29(35)31-14-17-33-15-12-23(13-16-33)18-22-6-4-3-5-7-22;;/h3-11,19-21,23H,12-18H2,1-2H3,(H,31,35);2*1H. The van der Waals surface area contributed by atoms with Crippen molar-refractivity contribution >= 4 is 47.3 Å². The van der Waals surface area contributed by atoms with Gasteiger partial charge in [-0.15, -0.1) is 24.8 Å². The molecule has 2 aromatic carbocycles. The molecule has 0 unspecified atom stereocenters. The average molecular weight is 556 g/mol. The summed E-state index contributed by atoms with van der Waals surface area (Å²) in [5, 5.41) is 3.60. The summed E-state index contributed by atoms with van der Waals surface area (Å²) in [6.07, 6.45) is 5.14. The van der Waals surface area contributed by atoms with E-state index in [1.807, 2.05) is 18.2 Å².